The summed E-state index contributed by atoms with van der Waals surface area (Å²) in [6.07, 6.45) is 4.38. The first-order valence-electron chi connectivity index (χ1n) is 10.6. The molecule has 4 aromatic heterocycles. The van der Waals surface area contributed by atoms with Crippen molar-refractivity contribution >= 4 is 17.0 Å². The van der Waals surface area contributed by atoms with Gasteiger partial charge in [-0.2, -0.15) is 0 Å². The summed E-state index contributed by atoms with van der Waals surface area (Å²) in [5, 5.41) is 7.16. The number of hydrogen-bond acceptors (Lipinski definition) is 8. The second kappa shape index (κ2) is 9.69. The SMILES string of the molecule is CCCOCCn1c(=O)c(NCc2cccnc2)nc2ccc(-c3c(C)noc3C)nc21. The number of aryl methyl sites for hydroxylation is 2. The van der Waals surface area contributed by atoms with E-state index in [9.17, 15) is 4.79 Å². The van der Waals surface area contributed by atoms with Crippen LogP contribution < -0.4 is 10.9 Å². The minimum absolute atomic E-state index is 0.245. The molecule has 0 aliphatic carbocycles. The second-order valence-electron chi connectivity index (χ2n) is 7.48. The fourth-order valence-electron chi connectivity index (χ4n) is 3.52. The molecule has 0 bridgehead atoms. The number of hydrogen-bond donors (Lipinski definition) is 1. The number of anilines is 1. The van der Waals surface area contributed by atoms with Gasteiger partial charge in [0.15, 0.2) is 11.5 Å². The molecule has 0 aliphatic rings. The third kappa shape index (κ3) is 4.52. The Morgan fingerprint density at radius 2 is 2.03 bits per heavy atom. The highest BCUT2D eigenvalue weighted by atomic mass is 16.5. The molecule has 4 aromatic rings. The van der Waals surface area contributed by atoms with Gasteiger partial charge in [0.1, 0.15) is 11.3 Å². The van der Waals surface area contributed by atoms with Gasteiger partial charge in [0, 0.05) is 25.5 Å². The minimum atomic E-state index is -0.245. The number of nitrogens with zero attached hydrogens (tertiary/aromatic N) is 5. The first kappa shape index (κ1) is 21.6. The number of ether oxygens (including phenoxy) is 1. The molecule has 0 aromatic carbocycles. The smallest absolute Gasteiger partial charge is 0.295 e. The van der Waals surface area contributed by atoms with Crippen LogP contribution in [-0.2, 0) is 17.8 Å². The molecule has 32 heavy (non-hydrogen) atoms. The van der Waals surface area contributed by atoms with Gasteiger partial charge < -0.3 is 14.6 Å². The predicted molar refractivity (Wildman–Crippen MR) is 121 cm³/mol. The van der Waals surface area contributed by atoms with E-state index in [1.165, 1.54) is 0 Å². The number of aromatic nitrogens is 5. The molecule has 0 fully saturated rings. The van der Waals surface area contributed by atoms with Gasteiger partial charge in [-0.3, -0.25) is 14.3 Å². The van der Waals surface area contributed by atoms with Crippen LogP contribution in [0.4, 0.5) is 5.82 Å². The van der Waals surface area contributed by atoms with Gasteiger partial charge in [-0.05, 0) is 44.0 Å². The van der Waals surface area contributed by atoms with Crippen LogP contribution in [0.15, 0.2) is 46.0 Å². The summed E-state index contributed by atoms with van der Waals surface area (Å²) < 4.78 is 12.5. The quantitative estimate of drug-likeness (QED) is 0.399. The van der Waals surface area contributed by atoms with Gasteiger partial charge in [-0.25, -0.2) is 9.97 Å². The van der Waals surface area contributed by atoms with E-state index in [0.717, 1.165) is 23.2 Å². The van der Waals surface area contributed by atoms with Gasteiger partial charge in [-0.1, -0.05) is 18.1 Å². The Balaban J connectivity index is 1.75. The molecule has 0 aliphatic heterocycles. The first-order valence-corrected chi connectivity index (χ1v) is 10.6. The molecule has 0 amide bonds. The van der Waals surface area contributed by atoms with Crippen LogP contribution in [0.25, 0.3) is 22.4 Å². The van der Waals surface area contributed by atoms with Gasteiger partial charge in [0.25, 0.3) is 5.56 Å². The van der Waals surface area contributed by atoms with Crippen LogP contribution in [-0.4, -0.2) is 37.9 Å². The van der Waals surface area contributed by atoms with E-state index in [4.69, 9.17) is 14.2 Å². The van der Waals surface area contributed by atoms with E-state index in [1.807, 2.05) is 45.0 Å². The number of rotatable bonds is 9. The predicted octanol–water partition coefficient (Wildman–Crippen LogP) is 3.50. The molecule has 9 nitrogen and oxygen atoms in total. The molecule has 0 spiro atoms. The van der Waals surface area contributed by atoms with Crippen molar-refractivity contribution in [2.45, 2.75) is 40.3 Å². The summed E-state index contributed by atoms with van der Waals surface area (Å²) in [6, 6.07) is 7.53. The molecular formula is C23H26N6O3. The first-order chi connectivity index (χ1) is 15.6. The van der Waals surface area contributed by atoms with Crippen molar-refractivity contribution in [1.82, 2.24) is 24.7 Å². The van der Waals surface area contributed by atoms with Gasteiger partial charge in [-0.15, -0.1) is 0 Å². The van der Waals surface area contributed by atoms with Crippen LogP contribution in [0.3, 0.4) is 0 Å². The largest absolute Gasteiger partial charge is 0.380 e. The highest BCUT2D eigenvalue weighted by Crippen LogP contribution is 2.26. The van der Waals surface area contributed by atoms with Crippen LogP contribution in [0, 0.1) is 13.8 Å². The van der Waals surface area contributed by atoms with Crippen molar-refractivity contribution in [3.8, 4) is 11.3 Å². The molecule has 1 N–H and O–H groups in total. The molecule has 0 saturated heterocycles. The van der Waals surface area contributed by atoms with Crippen LogP contribution in [0.2, 0.25) is 0 Å². The number of nitrogens with one attached hydrogen (secondary N) is 1. The maximum atomic E-state index is 13.3. The third-order valence-electron chi connectivity index (χ3n) is 5.07. The molecular weight excluding hydrogens is 408 g/mol. The lowest BCUT2D eigenvalue weighted by molar-refractivity contribution is 0.127. The molecule has 9 heteroatoms. The molecule has 0 saturated carbocycles. The van der Waals surface area contributed by atoms with Crippen molar-refractivity contribution < 1.29 is 9.26 Å². The Morgan fingerprint density at radius 1 is 1.16 bits per heavy atom. The zero-order chi connectivity index (χ0) is 22.5. The second-order valence-corrected chi connectivity index (χ2v) is 7.48. The van der Waals surface area contributed by atoms with Crippen LogP contribution in [0.1, 0.15) is 30.4 Å². The van der Waals surface area contributed by atoms with Crippen molar-refractivity contribution in [1.29, 1.82) is 0 Å². The van der Waals surface area contributed by atoms with E-state index in [1.54, 1.807) is 17.0 Å². The number of pyridine rings is 2. The average Bonchev–Trinajstić information content (AvgIpc) is 3.15. The molecule has 0 atom stereocenters. The summed E-state index contributed by atoms with van der Waals surface area (Å²) in [5.74, 6) is 0.945. The van der Waals surface area contributed by atoms with Gasteiger partial charge in [0.05, 0.1) is 30.1 Å². The topological polar surface area (TPSA) is 108 Å². The number of fused-ring (bicyclic) bond motifs is 1. The lowest BCUT2D eigenvalue weighted by Gasteiger charge is -2.14. The molecule has 166 valence electrons. The van der Waals surface area contributed by atoms with E-state index in [-0.39, 0.29) is 11.4 Å². The molecule has 4 rings (SSSR count). The molecule has 0 radical (unpaired) electrons. The fourth-order valence-corrected chi connectivity index (χ4v) is 3.52. The Hall–Kier alpha value is -3.59. The van der Waals surface area contributed by atoms with Gasteiger partial charge >= 0.3 is 0 Å². The Labute approximate surface area is 185 Å². The van der Waals surface area contributed by atoms with Crippen LogP contribution >= 0.6 is 0 Å². The summed E-state index contributed by atoms with van der Waals surface area (Å²) in [7, 11) is 0. The van der Waals surface area contributed by atoms with E-state index < -0.39 is 0 Å². The lowest BCUT2D eigenvalue weighted by atomic mass is 10.1. The highest BCUT2D eigenvalue weighted by molar-refractivity contribution is 5.77. The lowest BCUT2D eigenvalue weighted by Crippen LogP contribution is -2.28. The Bertz CT molecular complexity index is 1250. The van der Waals surface area contributed by atoms with Crippen molar-refractivity contribution in [3.05, 3.63) is 64.0 Å². The maximum absolute atomic E-state index is 13.3. The normalized spacial score (nSPS) is 11.2. The monoisotopic (exact) mass is 434 g/mol. The Kier molecular flexibility index (Phi) is 6.55. The summed E-state index contributed by atoms with van der Waals surface area (Å²) in [5.41, 5.74) is 4.09. The standard InChI is InChI=1S/C23H26N6O3/c1-4-11-31-12-10-29-22-19(8-7-18(27-22)20-15(2)28-32-16(20)3)26-21(23(29)30)25-14-17-6-5-9-24-13-17/h5-9,13H,4,10-12,14H2,1-3H3,(H,25,26). The fraction of sp³-hybridized carbons (Fsp3) is 0.348. The average molecular weight is 435 g/mol. The van der Waals surface area contributed by atoms with Crippen LogP contribution in [0.5, 0.6) is 0 Å². The van der Waals surface area contributed by atoms with Gasteiger partial charge in [0.2, 0.25) is 0 Å². The van der Waals surface area contributed by atoms with Crippen molar-refractivity contribution in [2.75, 3.05) is 18.5 Å². The summed E-state index contributed by atoms with van der Waals surface area (Å²) in [4.78, 5) is 26.7. The van der Waals surface area contributed by atoms with Crippen molar-refractivity contribution in [3.63, 3.8) is 0 Å². The zero-order valence-corrected chi connectivity index (χ0v) is 18.5. The van der Waals surface area contributed by atoms with E-state index >= 15 is 0 Å². The zero-order valence-electron chi connectivity index (χ0n) is 18.5. The maximum Gasteiger partial charge on any atom is 0.295 e. The molecule has 4 heterocycles. The third-order valence-corrected chi connectivity index (χ3v) is 5.07. The minimum Gasteiger partial charge on any atom is -0.380 e. The summed E-state index contributed by atoms with van der Waals surface area (Å²) in [6.45, 7) is 7.62. The van der Waals surface area contributed by atoms with E-state index in [2.05, 4.69) is 20.4 Å². The van der Waals surface area contributed by atoms with Crippen molar-refractivity contribution in [2.24, 2.45) is 0 Å². The molecule has 0 unspecified atom stereocenters. The Morgan fingerprint density at radius 3 is 2.75 bits per heavy atom. The van der Waals surface area contributed by atoms with E-state index in [0.29, 0.717) is 48.9 Å². The summed E-state index contributed by atoms with van der Waals surface area (Å²) >= 11 is 0. The highest BCUT2D eigenvalue weighted by Gasteiger charge is 2.17.